The maximum atomic E-state index is 13.6. The number of aliphatic hydroxyl groups is 1. The molecule has 0 aliphatic carbocycles. The summed E-state index contributed by atoms with van der Waals surface area (Å²) in [6.45, 7) is -0.260. The number of nitrogens with zero attached hydrogens (tertiary/aromatic N) is 2. The highest BCUT2D eigenvalue weighted by molar-refractivity contribution is 5.80. The van der Waals surface area contributed by atoms with Crippen molar-refractivity contribution in [3.8, 4) is 0 Å². The normalized spacial score (nSPS) is 12.5. The monoisotopic (exact) mass is 302 g/mol. The van der Waals surface area contributed by atoms with E-state index in [9.17, 15) is 18.7 Å². The zero-order chi connectivity index (χ0) is 15.7. The molecule has 4 nitrogen and oxygen atoms in total. The second-order valence-corrected chi connectivity index (χ2v) is 4.90. The lowest BCUT2D eigenvalue weighted by molar-refractivity contribution is 0.145. The summed E-state index contributed by atoms with van der Waals surface area (Å²) in [6.07, 6.45) is 0.118. The zero-order valence-electron chi connectivity index (χ0n) is 11.4. The molecular weight excluding hydrogens is 290 g/mol. The van der Waals surface area contributed by atoms with Crippen molar-refractivity contribution in [2.75, 3.05) is 0 Å². The number of halogens is 2. The third kappa shape index (κ3) is 2.60. The summed E-state index contributed by atoms with van der Waals surface area (Å²) in [5.41, 5.74) is -0.601. The van der Waals surface area contributed by atoms with Crippen LogP contribution in [0.5, 0.6) is 0 Å². The van der Waals surface area contributed by atoms with Crippen LogP contribution < -0.4 is 5.56 Å². The lowest BCUT2D eigenvalue weighted by atomic mass is 10.1. The van der Waals surface area contributed by atoms with Crippen LogP contribution >= 0.6 is 0 Å². The largest absolute Gasteiger partial charge is 0.386 e. The van der Waals surface area contributed by atoms with Crippen molar-refractivity contribution in [1.29, 1.82) is 0 Å². The molecular formula is C16H12F2N2O2. The van der Waals surface area contributed by atoms with Gasteiger partial charge in [-0.1, -0.05) is 18.2 Å². The fourth-order valence-electron chi connectivity index (χ4n) is 2.29. The topological polar surface area (TPSA) is 55.1 Å². The van der Waals surface area contributed by atoms with Crippen molar-refractivity contribution in [3.05, 3.63) is 76.2 Å². The number of aromatic nitrogens is 2. The van der Waals surface area contributed by atoms with Crippen molar-refractivity contribution in [2.45, 2.75) is 12.6 Å². The number of rotatable bonds is 3. The van der Waals surface area contributed by atoms with Gasteiger partial charge in [-0.15, -0.1) is 0 Å². The molecule has 0 bridgehead atoms. The first-order chi connectivity index (χ1) is 10.6. The molecule has 1 unspecified atom stereocenters. The second-order valence-electron chi connectivity index (χ2n) is 4.90. The van der Waals surface area contributed by atoms with Gasteiger partial charge in [0.05, 0.1) is 18.1 Å². The third-order valence-electron chi connectivity index (χ3n) is 3.42. The summed E-state index contributed by atoms with van der Waals surface area (Å²) in [5.74, 6) is -1.39. The fourth-order valence-corrected chi connectivity index (χ4v) is 2.29. The SMILES string of the molecule is O=c1c2ccccc2cnn1CC(O)c1cc(F)ccc1F. The Bertz CT molecular complexity index is 893. The van der Waals surface area contributed by atoms with Gasteiger partial charge in [-0.3, -0.25) is 4.79 Å². The van der Waals surface area contributed by atoms with Gasteiger partial charge in [-0.25, -0.2) is 13.5 Å². The molecule has 1 aromatic heterocycles. The minimum atomic E-state index is -1.37. The first-order valence-electron chi connectivity index (χ1n) is 6.64. The molecule has 2 aromatic carbocycles. The third-order valence-corrected chi connectivity index (χ3v) is 3.42. The molecule has 0 spiro atoms. The van der Waals surface area contributed by atoms with Gasteiger partial charge in [-0.2, -0.15) is 5.10 Å². The fraction of sp³-hybridized carbons (Fsp3) is 0.125. The van der Waals surface area contributed by atoms with E-state index >= 15 is 0 Å². The highest BCUT2D eigenvalue weighted by Gasteiger charge is 2.16. The number of benzene rings is 2. The van der Waals surface area contributed by atoms with Gasteiger partial charge in [0.25, 0.3) is 5.56 Å². The molecule has 0 saturated heterocycles. The number of fused-ring (bicyclic) bond motifs is 1. The van der Waals surface area contributed by atoms with Crippen LogP contribution in [0.15, 0.2) is 53.5 Å². The van der Waals surface area contributed by atoms with Crippen molar-refractivity contribution in [2.24, 2.45) is 0 Å². The average molecular weight is 302 g/mol. The van der Waals surface area contributed by atoms with Gasteiger partial charge in [-0.05, 0) is 24.3 Å². The van der Waals surface area contributed by atoms with Crippen LogP contribution in [0.3, 0.4) is 0 Å². The van der Waals surface area contributed by atoms with Crippen LogP contribution in [0.25, 0.3) is 10.8 Å². The Morgan fingerprint density at radius 3 is 2.77 bits per heavy atom. The van der Waals surface area contributed by atoms with Gasteiger partial charge in [0, 0.05) is 10.9 Å². The first kappa shape index (κ1) is 14.3. The van der Waals surface area contributed by atoms with E-state index < -0.39 is 23.3 Å². The first-order valence-corrected chi connectivity index (χ1v) is 6.64. The molecule has 3 rings (SSSR count). The molecule has 0 radical (unpaired) electrons. The molecule has 0 saturated carbocycles. The van der Waals surface area contributed by atoms with Crippen molar-refractivity contribution in [1.82, 2.24) is 9.78 Å². The average Bonchev–Trinajstić information content (AvgIpc) is 2.52. The van der Waals surface area contributed by atoms with E-state index in [0.29, 0.717) is 10.8 Å². The van der Waals surface area contributed by atoms with Crippen LogP contribution in [-0.2, 0) is 6.54 Å². The van der Waals surface area contributed by atoms with E-state index in [4.69, 9.17) is 0 Å². The van der Waals surface area contributed by atoms with Gasteiger partial charge in [0.15, 0.2) is 0 Å². The van der Waals surface area contributed by atoms with Crippen molar-refractivity contribution >= 4 is 10.8 Å². The molecule has 1 N–H and O–H groups in total. The molecule has 6 heteroatoms. The molecule has 112 valence electrons. The van der Waals surface area contributed by atoms with Crippen molar-refractivity contribution in [3.63, 3.8) is 0 Å². The predicted molar refractivity (Wildman–Crippen MR) is 77.3 cm³/mol. The molecule has 1 atom stereocenters. The van der Waals surface area contributed by atoms with Crippen molar-refractivity contribution < 1.29 is 13.9 Å². The Kier molecular flexibility index (Phi) is 3.68. The molecule has 0 aliphatic heterocycles. The second kappa shape index (κ2) is 5.65. The van der Waals surface area contributed by atoms with Gasteiger partial charge in [0.1, 0.15) is 17.7 Å². The minimum Gasteiger partial charge on any atom is -0.386 e. The Morgan fingerprint density at radius 2 is 1.95 bits per heavy atom. The highest BCUT2D eigenvalue weighted by Crippen LogP contribution is 2.19. The number of aliphatic hydroxyl groups excluding tert-OH is 1. The summed E-state index contributed by atoms with van der Waals surface area (Å²) in [5, 5.41) is 15.1. The Hall–Kier alpha value is -2.60. The number of hydrogen-bond acceptors (Lipinski definition) is 3. The maximum Gasteiger partial charge on any atom is 0.274 e. The number of hydrogen-bond donors (Lipinski definition) is 1. The van der Waals surface area contributed by atoms with E-state index in [-0.39, 0.29) is 12.1 Å². The molecule has 0 fully saturated rings. The lowest BCUT2D eigenvalue weighted by Crippen LogP contribution is -2.26. The molecule has 1 heterocycles. The summed E-state index contributed by atoms with van der Waals surface area (Å²) in [4.78, 5) is 12.3. The van der Waals surface area contributed by atoms with Crippen LogP contribution in [0, 0.1) is 11.6 Å². The van der Waals surface area contributed by atoms with Crippen LogP contribution in [0.1, 0.15) is 11.7 Å². The summed E-state index contributed by atoms with van der Waals surface area (Å²) >= 11 is 0. The van der Waals surface area contributed by atoms with Gasteiger partial charge < -0.3 is 5.11 Å². The van der Waals surface area contributed by atoms with Crippen LogP contribution in [-0.4, -0.2) is 14.9 Å². The minimum absolute atomic E-state index is 0.207. The molecule has 0 aliphatic rings. The molecule has 22 heavy (non-hydrogen) atoms. The molecule has 0 amide bonds. The Balaban J connectivity index is 1.97. The summed E-state index contributed by atoms with van der Waals surface area (Å²) in [6, 6.07) is 9.70. The van der Waals surface area contributed by atoms with Gasteiger partial charge in [0.2, 0.25) is 0 Å². The summed E-state index contributed by atoms with van der Waals surface area (Å²) < 4.78 is 27.9. The standard InChI is InChI=1S/C16H12F2N2O2/c17-11-5-6-14(18)13(7-11)15(21)9-20-16(22)12-4-2-1-3-10(12)8-19-20/h1-8,15,21H,9H2. The molecule has 3 aromatic rings. The zero-order valence-corrected chi connectivity index (χ0v) is 11.4. The maximum absolute atomic E-state index is 13.6. The van der Waals surface area contributed by atoms with E-state index in [1.165, 1.54) is 6.20 Å². The van der Waals surface area contributed by atoms with Crippen LogP contribution in [0.4, 0.5) is 8.78 Å². The van der Waals surface area contributed by atoms with E-state index in [2.05, 4.69) is 5.10 Å². The lowest BCUT2D eigenvalue weighted by Gasteiger charge is -2.13. The van der Waals surface area contributed by atoms with Gasteiger partial charge >= 0.3 is 0 Å². The highest BCUT2D eigenvalue weighted by atomic mass is 19.1. The van der Waals surface area contributed by atoms with E-state index in [1.807, 2.05) is 0 Å². The van der Waals surface area contributed by atoms with E-state index in [1.54, 1.807) is 24.3 Å². The smallest absolute Gasteiger partial charge is 0.274 e. The Morgan fingerprint density at radius 1 is 1.18 bits per heavy atom. The predicted octanol–water partition coefficient (Wildman–Crippen LogP) is 2.41. The van der Waals surface area contributed by atoms with Crippen LogP contribution in [0.2, 0.25) is 0 Å². The quantitative estimate of drug-likeness (QED) is 0.808. The van der Waals surface area contributed by atoms with E-state index in [0.717, 1.165) is 22.9 Å². The summed E-state index contributed by atoms with van der Waals surface area (Å²) in [7, 11) is 0. The Labute approximate surface area is 124 Å².